The molecule has 60 heavy (non-hydrogen) atoms. The monoisotopic (exact) mass is 811 g/mol. The highest BCUT2D eigenvalue weighted by Gasteiger charge is 2.59. The van der Waals surface area contributed by atoms with Crippen molar-refractivity contribution in [3.05, 3.63) is 129 Å². The van der Waals surface area contributed by atoms with Crippen LogP contribution >= 0.6 is 0 Å². The Labute approximate surface area is 353 Å². The van der Waals surface area contributed by atoms with Crippen LogP contribution in [0.15, 0.2) is 96.6 Å². The lowest BCUT2D eigenvalue weighted by Gasteiger charge is -2.55. The number of carboxylic acid groups (broad SMARTS) is 1. The fraction of sp³-hybridized carbons (Fsp3) is 0.462. The van der Waals surface area contributed by atoms with E-state index < -0.39 is 29.5 Å². The summed E-state index contributed by atoms with van der Waals surface area (Å²) in [4.78, 5) is 26.1. The van der Waals surface area contributed by atoms with Crippen LogP contribution in [0.1, 0.15) is 98.8 Å². The zero-order valence-electron chi connectivity index (χ0n) is 34.5. The average molecular weight is 812 g/mol. The van der Waals surface area contributed by atoms with Crippen LogP contribution in [0.5, 0.6) is 5.75 Å². The summed E-state index contributed by atoms with van der Waals surface area (Å²) < 4.78 is 0. The number of hydrogen-bond donors (Lipinski definition) is 6. The summed E-state index contributed by atoms with van der Waals surface area (Å²) in [6.07, 6.45) is 21.5. The minimum absolute atomic E-state index is 0.00790. The summed E-state index contributed by atoms with van der Waals surface area (Å²) in [7, 11) is 0. The van der Waals surface area contributed by atoms with E-state index in [1.54, 1.807) is 18.2 Å². The van der Waals surface area contributed by atoms with Crippen LogP contribution in [0.25, 0.3) is 17.9 Å². The molecule has 10 atom stereocenters. The van der Waals surface area contributed by atoms with Crippen molar-refractivity contribution in [1.29, 1.82) is 0 Å². The molecule has 8 heteroatoms. The second-order valence-electron chi connectivity index (χ2n) is 18.4. The van der Waals surface area contributed by atoms with E-state index in [9.17, 15) is 35.1 Å². The summed E-state index contributed by atoms with van der Waals surface area (Å²) in [5, 5.41) is 57.7. The lowest BCUT2D eigenvalue weighted by Crippen LogP contribution is -2.57. The number of phenolic OH excluding ortho intramolecular Hbond substituents is 1. The van der Waals surface area contributed by atoms with Crippen molar-refractivity contribution in [3.8, 4) is 5.75 Å². The third-order valence-electron chi connectivity index (χ3n) is 15.1. The summed E-state index contributed by atoms with van der Waals surface area (Å²) in [5.41, 5.74) is 10.1. The van der Waals surface area contributed by atoms with Gasteiger partial charge in [-0.25, -0.2) is 0 Å². The number of aldehydes is 1. The number of phenols is 1. The molecule has 3 aromatic rings. The highest BCUT2D eigenvalue weighted by molar-refractivity contribution is 5.76. The summed E-state index contributed by atoms with van der Waals surface area (Å²) in [6, 6.07) is 21.7. The van der Waals surface area contributed by atoms with Crippen LogP contribution in [0, 0.1) is 47.3 Å². The molecule has 5 aliphatic rings. The molecular formula is C52H61NO7. The molecule has 0 saturated heterocycles. The molecular weight excluding hydrogens is 751 g/mol. The van der Waals surface area contributed by atoms with Gasteiger partial charge in [0.15, 0.2) is 6.29 Å². The maximum Gasteiger partial charge on any atom is 0.308 e. The number of nitrogens with two attached hydrogens (primary N) is 1. The van der Waals surface area contributed by atoms with Crippen LogP contribution in [-0.2, 0) is 21.4 Å². The maximum absolute atomic E-state index is 13.9. The molecule has 7 N–H and O–H groups in total. The number of aliphatic carboxylic acids is 1. The Balaban J connectivity index is 1.14. The molecule has 8 nitrogen and oxygen atoms in total. The molecule has 10 unspecified atom stereocenters. The predicted molar refractivity (Wildman–Crippen MR) is 235 cm³/mol. The Morgan fingerprint density at radius 1 is 0.950 bits per heavy atom. The van der Waals surface area contributed by atoms with Gasteiger partial charge >= 0.3 is 5.97 Å². The van der Waals surface area contributed by atoms with Gasteiger partial charge in [0.2, 0.25) is 0 Å². The van der Waals surface area contributed by atoms with Crippen molar-refractivity contribution >= 4 is 30.2 Å². The Hall–Kier alpha value is -4.76. The summed E-state index contributed by atoms with van der Waals surface area (Å²) in [5.74, 6) is -3.01. The molecule has 3 aromatic carbocycles. The second-order valence-corrected chi connectivity index (χ2v) is 18.4. The first-order valence-electron chi connectivity index (χ1n) is 22.3. The van der Waals surface area contributed by atoms with Gasteiger partial charge in [-0.1, -0.05) is 116 Å². The van der Waals surface area contributed by atoms with Gasteiger partial charge < -0.3 is 36.1 Å². The number of fused-ring (bicyclic) bond motifs is 3. The molecule has 8 rings (SSSR count). The molecule has 0 aromatic heterocycles. The third-order valence-corrected chi connectivity index (χ3v) is 15.1. The van der Waals surface area contributed by atoms with Gasteiger partial charge in [-0.05, 0) is 134 Å². The molecule has 316 valence electrons. The topological polar surface area (TPSA) is 161 Å². The van der Waals surface area contributed by atoms with E-state index in [1.165, 1.54) is 5.57 Å². The molecule has 0 heterocycles. The molecule has 0 radical (unpaired) electrons. The normalized spacial score (nSPS) is 29.9. The van der Waals surface area contributed by atoms with Crippen molar-refractivity contribution in [2.24, 2.45) is 53.1 Å². The lowest BCUT2D eigenvalue weighted by atomic mass is 9.47. The highest BCUT2D eigenvalue weighted by Crippen LogP contribution is 2.60. The van der Waals surface area contributed by atoms with Crippen LogP contribution in [0.3, 0.4) is 0 Å². The van der Waals surface area contributed by atoms with Gasteiger partial charge in [0.05, 0.1) is 5.92 Å². The Kier molecular flexibility index (Phi) is 12.6. The average Bonchev–Trinajstić information content (AvgIpc) is 3.71. The molecule has 5 aliphatic carbocycles. The fourth-order valence-electron chi connectivity index (χ4n) is 12.1. The number of aliphatic hydroxyl groups excluding tert-OH is 2. The number of aromatic hydroxyl groups is 1. The van der Waals surface area contributed by atoms with Crippen LogP contribution < -0.4 is 16.2 Å². The maximum atomic E-state index is 13.9. The number of carbonyl (C=O) groups is 2. The first-order valence-corrected chi connectivity index (χ1v) is 22.3. The molecule has 0 aliphatic heterocycles. The van der Waals surface area contributed by atoms with E-state index in [0.29, 0.717) is 38.1 Å². The van der Waals surface area contributed by atoms with Crippen molar-refractivity contribution in [2.75, 3.05) is 6.54 Å². The molecule has 1 spiro atoms. The number of benzene rings is 3. The second kappa shape index (κ2) is 18.1. The first kappa shape index (κ1) is 42.0. The van der Waals surface area contributed by atoms with Gasteiger partial charge in [0.1, 0.15) is 17.8 Å². The van der Waals surface area contributed by atoms with E-state index in [1.807, 2.05) is 42.5 Å². The molecule has 1 fully saturated rings. The van der Waals surface area contributed by atoms with E-state index in [0.717, 1.165) is 90.3 Å². The van der Waals surface area contributed by atoms with Crippen LogP contribution in [0.2, 0.25) is 0 Å². The van der Waals surface area contributed by atoms with Gasteiger partial charge in [0.25, 0.3) is 0 Å². The number of allylic oxidation sites excluding steroid dienone is 3. The summed E-state index contributed by atoms with van der Waals surface area (Å²) in [6.45, 7) is 0.637. The predicted octanol–water partition coefficient (Wildman–Crippen LogP) is 7.44. The largest absolute Gasteiger partial charge is 0.511 e. The first-order chi connectivity index (χ1) is 29.1. The Morgan fingerprint density at radius 2 is 1.77 bits per heavy atom. The van der Waals surface area contributed by atoms with Crippen molar-refractivity contribution in [3.63, 3.8) is 0 Å². The Morgan fingerprint density at radius 3 is 2.53 bits per heavy atom. The van der Waals surface area contributed by atoms with Crippen molar-refractivity contribution in [1.82, 2.24) is 0 Å². The fourth-order valence-corrected chi connectivity index (χ4v) is 12.1. The van der Waals surface area contributed by atoms with Gasteiger partial charge in [-0.15, -0.1) is 0 Å². The minimum Gasteiger partial charge on any atom is -0.511 e. The number of carboxylic acids is 1. The smallest absolute Gasteiger partial charge is 0.308 e. The van der Waals surface area contributed by atoms with Gasteiger partial charge in [-0.2, -0.15) is 0 Å². The zero-order chi connectivity index (χ0) is 42.0. The number of rotatable bonds is 13. The number of unbranched alkanes of at least 4 members (excludes halogenated alkanes) is 2. The van der Waals surface area contributed by atoms with E-state index >= 15 is 0 Å². The third kappa shape index (κ3) is 8.18. The molecule has 1 saturated carbocycles. The SMILES string of the molecule is NCCC1=CC(C(C=O)CCCCCC2CC=CC(C(O)O)C(C(=O)O)C34CC5C(O)=c6ccccc6=CC5CC3C=Cc3ccc(cc34)CC2c2ccc(O)cc2)CC1. The van der Waals surface area contributed by atoms with Crippen LogP contribution in [0.4, 0.5) is 0 Å². The van der Waals surface area contributed by atoms with Gasteiger partial charge in [-0.3, -0.25) is 4.79 Å². The number of hydrogen-bond acceptors (Lipinski definition) is 7. The molecule has 2 bridgehead atoms. The minimum atomic E-state index is -1.93. The standard InChI is InChI=1S/C52H61NO7/c53-24-23-32-13-16-37(25-32)39(31-54)9-3-1-2-7-34-10-6-12-44(50(57)58)48(51(59)60)52-30-46-40(28-38-8-4-5-11-43(38)49(46)56)29-41(52)20-17-36-15-14-33(27-47(36)52)26-45(34)35-18-21-42(55)22-19-35/h4-6,8,11-12,14-15,17-22,25,27-28,31,34,37,39-41,44-46,48,50,55-58H,1-3,7,9-10,13,16,23-24,26,29-30,53H2,(H,59,60). The van der Waals surface area contributed by atoms with Gasteiger partial charge in [0, 0.05) is 28.4 Å². The summed E-state index contributed by atoms with van der Waals surface area (Å²) >= 11 is 0. The lowest BCUT2D eigenvalue weighted by molar-refractivity contribution is -0.160. The Bertz CT molecular complexity index is 2260. The zero-order valence-corrected chi connectivity index (χ0v) is 34.5. The van der Waals surface area contributed by atoms with Crippen molar-refractivity contribution in [2.45, 2.75) is 94.7 Å². The molecule has 0 amide bonds. The highest BCUT2D eigenvalue weighted by atomic mass is 16.5. The van der Waals surface area contributed by atoms with E-state index in [4.69, 9.17) is 5.73 Å². The van der Waals surface area contributed by atoms with Crippen molar-refractivity contribution < 1.29 is 35.1 Å². The van der Waals surface area contributed by atoms with Crippen LogP contribution in [-0.4, -0.2) is 50.6 Å². The quantitative estimate of drug-likeness (QED) is 0.0450. The van der Waals surface area contributed by atoms with E-state index in [2.05, 4.69) is 42.5 Å². The number of carbonyl (C=O) groups excluding carboxylic acids is 1. The number of aliphatic hydroxyl groups is 3. The van der Waals surface area contributed by atoms with E-state index in [-0.39, 0.29) is 47.0 Å².